The van der Waals surface area contributed by atoms with Crippen LogP contribution in [0.15, 0.2) is 45.9 Å². The van der Waals surface area contributed by atoms with Crippen molar-refractivity contribution in [1.82, 2.24) is 5.43 Å². The van der Waals surface area contributed by atoms with E-state index in [1.165, 1.54) is 18.3 Å². The maximum Gasteiger partial charge on any atom is 0.270 e. The fraction of sp³-hybridized carbons (Fsp3) is 0.250. The molecule has 1 aromatic heterocycles. The van der Waals surface area contributed by atoms with Gasteiger partial charge in [-0.25, -0.2) is 5.43 Å². The molecule has 0 spiro atoms. The van der Waals surface area contributed by atoms with Crippen LogP contribution in [0.3, 0.4) is 0 Å². The van der Waals surface area contributed by atoms with Gasteiger partial charge in [0.05, 0.1) is 16.6 Å². The normalized spacial score (nSPS) is 21.2. The Hall–Kier alpha value is -2.38. The lowest BCUT2D eigenvalue weighted by Crippen LogP contribution is -2.29. The maximum absolute atomic E-state index is 12.0. The molecule has 130 valence electrons. The zero-order valence-electron chi connectivity index (χ0n) is 13.0. The van der Waals surface area contributed by atoms with Gasteiger partial charge in [-0.3, -0.25) is 14.9 Å². The van der Waals surface area contributed by atoms with E-state index in [0.717, 1.165) is 0 Å². The van der Waals surface area contributed by atoms with Crippen LogP contribution >= 0.6 is 23.2 Å². The highest BCUT2D eigenvalue weighted by atomic mass is 35.5. The van der Waals surface area contributed by atoms with Crippen LogP contribution in [0, 0.1) is 15.5 Å². The first-order chi connectivity index (χ1) is 11.7. The van der Waals surface area contributed by atoms with Gasteiger partial charge in [-0.15, -0.1) is 23.2 Å². The standard InChI is InChI=1S/C16H13Cl2N3O4/c1-15(9-16(15,17)18)14(22)20-19-8-12-5-6-13(25-12)10-3-2-4-11(7-10)21(23)24/h2-8H,9H2,1H3,(H,20,22)/b19-8-. The smallest absolute Gasteiger partial charge is 0.270 e. The zero-order valence-corrected chi connectivity index (χ0v) is 14.5. The van der Waals surface area contributed by atoms with Gasteiger partial charge in [0.25, 0.3) is 5.69 Å². The Morgan fingerprint density at radius 3 is 2.76 bits per heavy atom. The molecule has 7 nitrogen and oxygen atoms in total. The fourth-order valence-electron chi connectivity index (χ4n) is 2.27. The Morgan fingerprint density at radius 1 is 1.40 bits per heavy atom. The number of hydrogen-bond donors (Lipinski definition) is 1. The first-order valence-corrected chi connectivity index (χ1v) is 8.04. The van der Waals surface area contributed by atoms with E-state index in [1.54, 1.807) is 31.2 Å². The molecule has 3 rings (SSSR count). The summed E-state index contributed by atoms with van der Waals surface area (Å²) >= 11 is 11.9. The molecule has 1 aliphatic rings. The molecule has 1 heterocycles. The summed E-state index contributed by atoms with van der Waals surface area (Å²) in [5, 5.41) is 14.6. The molecule has 1 unspecified atom stereocenters. The number of rotatable bonds is 5. The molecule has 1 aliphatic carbocycles. The lowest BCUT2D eigenvalue weighted by atomic mass is 10.1. The van der Waals surface area contributed by atoms with Crippen LogP contribution in [-0.2, 0) is 4.79 Å². The molecule has 1 N–H and O–H groups in total. The number of alkyl halides is 2. The number of carbonyl (C=O) groups excluding carboxylic acids is 1. The number of non-ortho nitro benzene ring substituents is 1. The number of benzene rings is 1. The molecule has 0 bridgehead atoms. The Balaban J connectivity index is 1.67. The minimum absolute atomic E-state index is 0.0281. The van der Waals surface area contributed by atoms with Gasteiger partial charge in [0.1, 0.15) is 15.9 Å². The highest BCUT2D eigenvalue weighted by molar-refractivity contribution is 6.53. The van der Waals surface area contributed by atoms with E-state index >= 15 is 0 Å². The van der Waals surface area contributed by atoms with Crippen molar-refractivity contribution in [3.63, 3.8) is 0 Å². The summed E-state index contributed by atoms with van der Waals surface area (Å²) in [7, 11) is 0. The van der Waals surface area contributed by atoms with Gasteiger partial charge < -0.3 is 4.42 Å². The van der Waals surface area contributed by atoms with Crippen LogP contribution in [0.5, 0.6) is 0 Å². The van der Waals surface area contributed by atoms with Gasteiger partial charge in [-0.1, -0.05) is 12.1 Å². The maximum atomic E-state index is 12.0. The predicted octanol–water partition coefficient (Wildman–Crippen LogP) is 3.89. The average Bonchev–Trinajstić information content (AvgIpc) is 2.90. The highest BCUT2D eigenvalue weighted by Crippen LogP contribution is 2.63. The molecule has 1 amide bonds. The Bertz CT molecular complexity index is 878. The Labute approximate surface area is 152 Å². The van der Waals surface area contributed by atoms with Crippen LogP contribution in [-0.4, -0.2) is 21.4 Å². The van der Waals surface area contributed by atoms with Crippen LogP contribution in [0.25, 0.3) is 11.3 Å². The summed E-state index contributed by atoms with van der Waals surface area (Å²) in [5.41, 5.74) is 2.06. The van der Waals surface area contributed by atoms with Crippen LogP contribution in [0.1, 0.15) is 19.1 Å². The van der Waals surface area contributed by atoms with Crippen molar-refractivity contribution in [3.8, 4) is 11.3 Å². The monoisotopic (exact) mass is 381 g/mol. The van der Waals surface area contributed by atoms with E-state index in [0.29, 0.717) is 23.5 Å². The van der Waals surface area contributed by atoms with Crippen LogP contribution in [0.2, 0.25) is 0 Å². The number of amides is 1. The molecule has 9 heteroatoms. The lowest BCUT2D eigenvalue weighted by Gasteiger charge is -2.08. The minimum atomic E-state index is -1.06. The molecular formula is C16H13Cl2N3O4. The second kappa shape index (κ2) is 6.16. The van der Waals surface area contributed by atoms with Crippen molar-refractivity contribution in [1.29, 1.82) is 0 Å². The van der Waals surface area contributed by atoms with Crippen molar-refractivity contribution in [2.75, 3.05) is 0 Å². The number of nitrogens with one attached hydrogen (secondary N) is 1. The third kappa shape index (κ3) is 3.38. The predicted molar refractivity (Wildman–Crippen MR) is 93.7 cm³/mol. The SMILES string of the molecule is CC1(C(=O)N/N=C\c2ccc(-c3cccc([N+](=O)[O-])c3)o2)CC1(Cl)Cl. The van der Waals surface area contributed by atoms with E-state index in [9.17, 15) is 14.9 Å². The Kier molecular flexibility index (Phi) is 4.30. The molecular weight excluding hydrogens is 369 g/mol. The number of nitro groups is 1. The molecule has 0 aliphatic heterocycles. The summed E-state index contributed by atoms with van der Waals surface area (Å²) < 4.78 is 4.49. The number of hydrogen-bond acceptors (Lipinski definition) is 5. The molecule has 1 saturated carbocycles. The summed E-state index contributed by atoms with van der Waals surface area (Å²) in [6.45, 7) is 1.66. The molecule has 1 fully saturated rings. The largest absolute Gasteiger partial charge is 0.455 e. The number of furan rings is 1. The van der Waals surface area contributed by atoms with Crippen molar-refractivity contribution < 1.29 is 14.1 Å². The molecule has 2 aromatic rings. The Morgan fingerprint density at radius 2 is 2.12 bits per heavy atom. The van der Waals surface area contributed by atoms with Crippen molar-refractivity contribution in [2.45, 2.75) is 17.7 Å². The molecule has 1 aromatic carbocycles. The highest BCUT2D eigenvalue weighted by Gasteiger charge is 2.68. The molecule has 1 atom stereocenters. The number of nitro benzene ring substituents is 1. The number of hydrazone groups is 1. The number of carbonyl (C=O) groups is 1. The zero-order chi connectivity index (χ0) is 18.2. The van der Waals surface area contributed by atoms with Gasteiger partial charge >= 0.3 is 0 Å². The second-order valence-corrected chi connectivity index (χ2v) is 7.41. The van der Waals surface area contributed by atoms with Crippen molar-refractivity contribution in [3.05, 3.63) is 52.3 Å². The van der Waals surface area contributed by atoms with Gasteiger partial charge in [-0.2, -0.15) is 5.10 Å². The van der Waals surface area contributed by atoms with Gasteiger partial charge in [0.15, 0.2) is 0 Å². The lowest BCUT2D eigenvalue weighted by molar-refractivity contribution is -0.384. The van der Waals surface area contributed by atoms with Crippen LogP contribution < -0.4 is 5.43 Å². The summed E-state index contributed by atoms with van der Waals surface area (Å²) in [6.07, 6.45) is 1.69. The van der Waals surface area contributed by atoms with Gasteiger partial charge in [0.2, 0.25) is 5.91 Å². The van der Waals surface area contributed by atoms with E-state index < -0.39 is 14.7 Å². The first-order valence-electron chi connectivity index (χ1n) is 7.29. The summed E-state index contributed by atoms with van der Waals surface area (Å²) in [4.78, 5) is 22.3. The third-order valence-electron chi connectivity index (χ3n) is 4.09. The molecule has 0 radical (unpaired) electrons. The summed E-state index contributed by atoms with van der Waals surface area (Å²) in [6, 6.07) is 9.38. The summed E-state index contributed by atoms with van der Waals surface area (Å²) in [5.74, 6) is 0.455. The van der Waals surface area contributed by atoms with E-state index in [1.807, 2.05) is 0 Å². The third-order valence-corrected chi connectivity index (χ3v) is 5.19. The van der Waals surface area contributed by atoms with Crippen molar-refractivity contribution in [2.24, 2.45) is 10.5 Å². The van der Waals surface area contributed by atoms with E-state index in [2.05, 4.69) is 10.5 Å². The van der Waals surface area contributed by atoms with Gasteiger partial charge in [-0.05, 0) is 25.5 Å². The molecule has 25 heavy (non-hydrogen) atoms. The number of halogens is 2. The quantitative estimate of drug-likeness (QED) is 0.367. The van der Waals surface area contributed by atoms with Crippen LogP contribution in [0.4, 0.5) is 5.69 Å². The average molecular weight is 382 g/mol. The first kappa shape index (κ1) is 17.4. The molecule has 0 saturated heterocycles. The van der Waals surface area contributed by atoms with Gasteiger partial charge in [0, 0.05) is 17.7 Å². The number of nitrogens with zero attached hydrogens (tertiary/aromatic N) is 2. The fourth-order valence-corrected chi connectivity index (χ4v) is 2.98. The van der Waals surface area contributed by atoms with Crippen molar-refractivity contribution >= 4 is 41.0 Å². The van der Waals surface area contributed by atoms with E-state index in [4.69, 9.17) is 27.6 Å². The minimum Gasteiger partial charge on any atom is -0.455 e. The topological polar surface area (TPSA) is 97.7 Å². The second-order valence-electron chi connectivity index (χ2n) is 5.92. The van der Waals surface area contributed by atoms with E-state index in [-0.39, 0.29) is 11.6 Å².